The number of aliphatic hydroxyl groups is 1. The van der Waals surface area contributed by atoms with Crippen LogP contribution in [-0.2, 0) is 0 Å². The van der Waals surface area contributed by atoms with E-state index in [-0.39, 0.29) is 11.9 Å². The fourth-order valence-corrected chi connectivity index (χ4v) is 3.37. The zero-order chi connectivity index (χ0) is 15.5. The monoisotopic (exact) mass is 335 g/mol. The molecule has 0 unspecified atom stereocenters. The number of aromatic nitrogens is 2. The van der Waals surface area contributed by atoms with Crippen LogP contribution in [0, 0.1) is 0 Å². The summed E-state index contributed by atoms with van der Waals surface area (Å²) in [6, 6.07) is 7.81. The average molecular weight is 336 g/mol. The second-order valence-corrected chi connectivity index (χ2v) is 5.75. The third kappa shape index (κ3) is 2.85. The van der Waals surface area contributed by atoms with Gasteiger partial charge in [0.15, 0.2) is 0 Å². The normalized spacial score (nSPS) is 10.9. The van der Waals surface area contributed by atoms with Gasteiger partial charge in [-0.1, -0.05) is 12.1 Å². The van der Waals surface area contributed by atoms with Crippen molar-refractivity contribution in [1.82, 2.24) is 9.97 Å². The van der Waals surface area contributed by atoms with Crippen LogP contribution in [0.15, 0.2) is 29.6 Å². The number of nitrogens with one attached hydrogen (secondary N) is 1. The van der Waals surface area contributed by atoms with Gasteiger partial charge in [-0.25, -0.2) is 9.97 Å². The Labute approximate surface area is 136 Å². The first-order valence-electron chi connectivity index (χ1n) is 6.67. The summed E-state index contributed by atoms with van der Waals surface area (Å²) in [5.74, 6) is 1.44. The quantitative estimate of drug-likeness (QED) is 0.699. The molecule has 0 aliphatic heterocycles. The summed E-state index contributed by atoms with van der Waals surface area (Å²) in [7, 11) is 1.64. The van der Waals surface area contributed by atoms with E-state index in [2.05, 4.69) is 15.3 Å². The molecule has 0 aliphatic carbocycles. The molecule has 0 aliphatic rings. The Morgan fingerprint density at radius 1 is 1.27 bits per heavy atom. The zero-order valence-electron chi connectivity index (χ0n) is 11.8. The highest BCUT2D eigenvalue weighted by atomic mass is 35.5. The second kappa shape index (κ2) is 6.48. The average Bonchev–Trinajstić information content (AvgIpc) is 2.96. The maximum atomic E-state index is 9.01. The summed E-state index contributed by atoms with van der Waals surface area (Å²) < 4.78 is 5.19. The second-order valence-electron chi connectivity index (χ2n) is 4.55. The molecule has 0 spiro atoms. The van der Waals surface area contributed by atoms with Gasteiger partial charge in [0.25, 0.3) is 0 Å². The third-order valence-electron chi connectivity index (χ3n) is 3.21. The minimum Gasteiger partial charge on any atom is -0.497 e. The lowest BCUT2D eigenvalue weighted by Gasteiger charge is -2.08. The summed E-state index contributed by atoms with van der Waals surface area (Å²) in [4.78, 5) is 9.33. The van der Waals surface area contributed by atoms with Crippen molar-refractivity contribution < 1.29 is 9.84 Å². The molecule has 7 heteroatoms. The molecule has 2 heterocycles. The summed E-state index contributed by atoms with van der Waals surface area (Å²) in [6.07, 6.45) is 0. The highest BCUT2D eigenvalue weighted by Gasteiger charge is 2.14. The minimum absolute atomic E-state index is 0.0190. The highest BCUT2D eigenvalue weighted by molar-refractivity contribution is 7.17. The van der Waals surface area contributed by atoms with Gasteiger partial charge in [0, 0.05) is 17.5 Å². The van der Waals surface area contributed by atoms with Crippen LogP contribution in [0.2, 0.25) is 5.28 Å². The van der Waals surface area contributed by atoms with E-state index in [1.807, 2.05) is 29.6 Å². The summed E-state index contributed by atoms with van der Waals surface area (Å²) in [5.41, 5.74) is 2.07. The minimum atomic E-state index is 0.0190. The molecule has 5 nitrogen and oxygen atoms in total. The van der Waals surface area contributed by atoms with Crippen LogP contribution in [0.25, 0.3) is 21.3 Å². The van der Waals surface area contributed by atoms with Gasteiger partial charge in [0.2, 0.25) is 5.28 Å². The number of ether oxygens (including phenoxy) is 1. The molecule has 0 saturated carbocycles. The van der Waals surface area contributed by atoms with E-state index in [1.165, 1.54) is 11.3 Å². The molecule has 0 saturated heterocycles. The molecule has 0 radical (unpaired) electrons. The van der Waals surface area contributed by atoms with Gasteiger partial charge in [-0.05, 0) is 29.3 Å². The Hall–Kier alpha value is -1.89. The van der Waals surface area contributed by atoms with Crippen molar-refractivity contribution in [2.45, 2.75) is 0 Å². The van der Waals surface area contributed by atoms with Crippen molar-refractivity contribution in [3.05, 3.63) is 34.9 Å². The number of hydrogen-bond donors (Lipinski definition) is 2. The molecule has 0 amide bonds. The molecular formula is C15H14ClN3O2S. The summed E-state index contributed by atoms with van der Waals surface area (Å²) >= 11 is 7.47. The summed E-state index contributed by atoms with van der Waals surface area (Å²) in [6.45, 7) is 0.422. The Kier molecular flexibility index (Phi) is 4.42. The topological polar surface area (TPSA) is 67.3 Å². The standard InChI is InChI=1S/C15H14ClN3O2S/c1-21-10-4-2-9(3-5-10)11-8-22-14-12(11)13(17-6-7-20)18-15(16)19-14/h2-5,8,20H,6-7H2,1H3,(H,17,18,19). The fourth-order valence-electron chi connectivity index (χ4n) is 2.20. The smallest absolute Gasteiger partial charge is 0.225 e. The van der Waals surface area contributed by atoms with Crippen molar-refractivity contribution in [2.75, 3.05) is 25.6 Å². The SMILES string of the molecule is COc1ccc(-c2csc3nc(Cl)nc(NCCO)c23)cc1. The van der Waals surface area contributed by atoms with Crippen molar-refractivity contribution in [2.24, 2.45) is 0 Å². The largest absolute Gasteiger partial charge is 0.497 e. The van der Waals surface area contributed by atoms with Crippen molar-refractivity contribution >= 4 is 39.0 Å². The number of rotatable bonds is 5. The van der Waals surface area contributed by atoms with Gasteiger partial charge in [-0.2, -0.15) is 0 Å². The number of halogens is 1. The molecule has 3 rings (SSSR count). The lowest BCUT2D eigenvalue weighted by molar-refractivity contribution is 0.311. The van der Waals surface area contributed by atoms with Crippen LogP contribution >= 0.6 is 22.9 Å². The van der Waals surface area contributed by atoms with Crippen LogP contribution in [0.4, 0.5) is 5.82 Å². The Balaban J connectivity index is 2.12. The van der Waals surface area contributed by atoms with E-state index < -0.39 is 0 Å². The van der Waals surface area contributed by atoms with E-state index in [1.54, 1.807) is 7.11 Å². The number of fused-ring (bicyclic) bond motifs is 1. The number of benzene rings is 1. The van der Waals surface area contributed by atoms with E-state index >= 15 is 0 Å². The van der Waals surface area contributed by atoms with Crippen LogP contribution in [-0.4, -0.2) is 35.3 Å². The number of aliphatic hydroxyl groups excluding tert-OH is 1. The van der Waals surface area contributed by atoms with Gasteiger partial charge in [-0.3, -0.25) is 0 Å². The van der Waals surface area contributed by atoms with Crippen molar-refractivity contribution in [3.63, 3.8) is 0 Å². The predicted octanol–water partition coefficient (Wildman–Crippen LogP) is 3.42. The molecule has 3 aromatic rings. The first kappa shape index (κ1) is 15.0. The predicted molar refractivity (Wildman–Crippen MR) is 90.0 cm³/mol. The van der Waals surface area contributed by atoms with Gasteiger partial charge < -0.3 is 15.2 Å². The van der Waals surface area contributed by atoms with E-state index in [9.17, 15) is 0 Å². The van der Waals surface area contributed by atoms with Gasteiger partial charge in [0.05, 0.1) is 19.1 Å². The number of nitrogens with zero attached hydrogens (tertiary/aromatic N) is 2. The molecule has 114 valence electrons. The van der Waals surface area contributed by atoms with Crippen molar-refractivity contribution in [3.8, 4) is 16.9 Å². The number of methoxy groups -OCH3 is 1. The van der Waals surface area contributed by atoms with E-state index in [0.29, 0.717) is 12.4 Å². The molecular weight excluding hydrogens is 322 g/mol. The molecule has 22 heavy (non-hydrogen) atoms. The number of thiophene rings is 1. The van der Waals surface area contributed by atoms with Gasteiger partial charge in [-0.15, -0.1) is 11.3 Å². The molecule has 0 fully saturated rings. The maximum Gasteiger partial charge on any atom is 0.225 e. The zero-order valence-corrected chi connectivity index (χ0v) is 13.4. The maximum absolute atomic E-state index is 9.01. The highest BCUT2D eigenvalue weighted by Crippen LogP contribution is 2.37. The number of anilines is 1. The van der Waals surface area contributed by atoms with E-state index in [4.69, 9.17) is 21.4 Å². The molecule has 2 N–H and O–H groups in total. The van der Waals surface area contributed by atoms with Crippen molar-refractivity contribution in [1.29, 1.82) is 0 Å². The van der Waals surface area contributed by atoms with Gasteiger partial charge in [0.1, 0.15) is 16.4 Å². The third-order valence-corrected chi connectivity index (χ3v) is 4.25. The lowest BCUT2D eigenvalue weighted by atomic mass is 10.1. The van der Waals surface area contributed by atoms with E-state index in [0.717, 1.165) is 27.1 Å². The Morgan fingerprint density at radius 2 is 2.05 bits per heavy atom. The number of hydrogen-bond acceptors (Lipinski definition) is 6. The van der Waals surface area contributed by atoms with Gasteiger partial charge >= 0.3 is 0 Å². The molecule has 0 bridgehead atoms. The molecule has 0 atom stereocenters. The van der Waals surface area contributed by atoms with Crippen LogP contribution in [0.1, 0.15) is 0 Å². The first-order valence-corrected chi connectivity index (χ1v) is 7.92. The first-order chi connectivity index (χ1) is 10.7. The molecule has 2 aromatic heterocycles. The lowest BCUT2D eigenvalue weighted by Crippen LogP contribution is -2.07. The Morgan fingerprint density at radius 3 is 2.73 bits per heavy atom. The summed E-state index contributed by atoms with van der Waals surface area (Å²) in [5, 5.41) is 15.2. The fraction of sp³-hybridized carbons (Fsp3) is 0.200. The molecule has 1 aromatic carbocycles. The van der Waals surface area contributed by atoms with Crippen LogP contribution in [0.5, 0.6) is 5.75 Å². The van der Waals surface area contributed by atoms with Crippen LogP contribution in [0.3, 0.4) is 0 Å². The van der Waals surface area contributed by atoms with Crippen LogP contribution < -0.4 is 10.1 Å². The Bertz CT molecular complexity index is 789.